The minimum atomic E-state index is -4.79. The van der Waals surface area contributed by atoms with E-state index in [0.29, 0.717) is 6.54 Å². The number of aryl methyl sites for hydroxylation is 1. The van der Waals surface area contributed by atoms with Gasteiger partial charge >= 0.3 is 6.18 Å². The van der Waals surface area contributed by atoms with Gasteiger partial charge in [-0.15, -0.1) is 0 Å². The van der Waals surface area contributed by atoms with Crippen LogP contribution in [0, 0.1) is 0 Å². The number of alkyl halides is 3. The molecule has 0 radical (unpaired) electrons. The Bertz CT molecular complexity index is 375. The molecule has 0 bridgehead atoms. The number of nitrogens with two attached hydrogens (primary N) is 1. The SMILES string of the molecule is CCn1ccnc1CC(O)(C(C)N)C(F)(F)F. The normalized spacial score (nSPS) is 17.8. The van der Waals surface area contributed by atoms with E-state index >= 15 is 0 Å². The Morgan fingerprint density at radius 2 is 2.12 bits per heavy atom. The summed E-state index contributed by atoms with van der Waals surface area (Å²) in [5.41, 5.74) is 2.31. The van der Waals surface area contributed by atoms with Gasteiger partial charge in [-0.05, 0) is 13.8 Å². The van der Waals surface area contributed by atoms with E-state index in [2.05, 4.69) is 4.98 Å². The van der Waals surface area contributed by atoms with Crippen LogP contribution in [0.3, 0.4) is 0 Å². The van der Waals surface area contributed by atoms with Gasteiger partial charge in [0.1, 0.15) is 5.82 Å². The Balaban J connectivity index is 3.04. The highest BCUT2D eigenvalue weighted by atomic mass is 19.4. The first-order valence-corrected chi connectivity index (χ1v) is 5.27. The minimum absolute atomic E-state index is 0.171. The fourth-order valence-electron chi connectivity index (χ4n) is 1.56. The standard InChI is InChI=1S/C10H16F3N3O/c1-3-16-5-4-15-8(16)6-9(17,7(2)14)10(11,12)13/h4-5,7,17H,3,6,14H2,1-2H3. The molecule has 0 amide bonds. The van der Waals surface area contributed by atoms with Gasteiger partial charge in [0.05, 0.1) is 0 Å². The minimum Gasteiger partial charge on any atom is -0.379 e. The molecule has 0 spiro atoms. The zero-order valence-corrected chi connectivity index (χ0v) is 9.70. The van der Waals surface area contributed by atoms with Crippen LogP contribution < -0.4 is 5.73 Å². The van der Waals surface area contributed by atoms with Crippen molar-refractivity contribution in [2.75, 3.05) is 0 Å². The van der Waals surface area contributed by atoms with E-state index in [1.165, 1.54) is 6.20 Å². The lowest BCUT2D eigenvalue weighted by Gasteiger charge is -2.33. The zero-order valence-electron chi connectivity index (χ0n) is 9.70. The van der Waals surface area contributed by atoms with Gasteiger partial charge in [0.15, 0.2) is 5.60 Å². The van der Waals surface area contributed by atoms with Gasteiger partial charge in [-0.3, -0.25) is 0 Å². The average Bonchev–Trinajstić information content (AvgIpc) is 2.62. The fraction of sp³-hybridized carbons (Fsp3) is 0.700. The number of hydrogen-bond donors (Lipinski definition) is 2. The largest absolute Gasteiger partial charge is 0.419 e. The van der Waals surface area contributed by atoms with Crippen LogP contribution in [-0.2, 0) is 13.0 Å². The van der Waals surface area contributed by atoms with E-state index in [9.17, 15) is 18.3 Å². The first kappa shape index (κ1) is 14.0. The van der Waals surface area contributed by atoms with Gasteiger partial charge in [0, 0.05) is 31.4 Å². The highest BCUT2D eigenvalue weighted by Gasteiger charge is 2.56. The molecule has 1 aromatic heterocycles. The molecule has 0 aliphatic heterocycles. The summed E-state index contributed by atoms with van der Waals surface area (Å²) in [4.78, 5) is 3.82. The molecule has 0 fully saturated rings. The summed E-state index contributed by atoms with van der Waals surface area (Å²) in [6.45, 7) is 3.40. The van der Waals surface area contributed by atoms with Crippen molar-refractivity contribution in [3.63, 3.8) is 0 Å². The Morgan fingerprint density at radius 1 is 1.53 bits per heavy atom. The number of halogens is 3. The third-order valence-electron chi connectivity index (χ3n) is 2.81. The molecular weight excluding hydrogens is 235 g/mol. The van der Waals surface area contributed by atoms with Gasteiger partial charge in [-0.1, -0.05) is 0 Å². The summed E-state index contributed by atoms with van der Waals surface area (Å²) in [6, 6.07) is -1.43. The number of imidazole rings is 1. The van der Waals surface area contributed by atoms with E-state index in [1.807, 2.05) is 0 Å². The summed E-state index contributed by atoms with van der Waals surface area (Å²) in [5, 5.41) is 9.71. The zero-order chi connectivity index (χ0) is 13.3. The Labute approximate surface area is 97.3 Å². The molecule has 1 rings (SSSR count). The number of nitrogens with zero attached hydrogens (tertiary/aromatic N) is 2. The van der Waals surface area contributed by atoms with Crippen molar-refractivity contribution in [2.45, 2.75) is 44.6 Å². The second-order valence-corrected chi connectivity index (χ2v) is 4.02. The third-order valence-corrected chi connectivity index (χ3v) is 2.81. The van der Waals surface area contributed by atoms with Crippen molar-refractivity contribution in [1.29, 1.82) is 0 Å². The van der Waals surface area contributed by atoms with Gasteiger partial charge in [0.25, 0.3) is 0 Å². The van der Waals surface area contributed by atoms with Crippen LogP contribution in [0.15, 0.2) is 12.4 Å². The molecule has 3 N–H and O–H groups in total. The van der Waals surface area contributed by atoms with Gasteiger partial charge < -0.3 is 15.4 Å². The molecular formula is C10H16F3N3O. The quantitative estimate of drug-likeness (QED) is 0.841. The van der Waals surface area contributed by atoms with Crippen LogP contribution in [0.4, 0.5) is 13.2 Å². The number of hydrogen-bond acceptors (Lipinski definition) is 3. The lowest BCUT2D eigenvalue weighted by Crippen LogP contribution is -2.58. The monoisotopic (exact) mass is 251 g/mol. The molecule has 0 saturated heterocycles. The Hall–Kier alpha value is -1.08. The van der Waals surface area contributed by atoms with E-state index in [1.54, 1.807) is 17.7 Å². The fourth-order valence-corrected chi connectivity index (χ4v) is 1.56. The van der Waals surface area contributed by atoms with E-state index in [0.717, 1.165) is 6.92 Å². The molecule has 1 aromatic rings. The smallest absolute Gasteiger partial charge is 0.379 e. The molecule has 17 heavy (non-hydrogen) atoms. The van der Waals surface area contributed by atoms with Gasteiger partial charge in [-0.25, -0.2) is 4.98 Å². The van der Waals surface area contributed by atoms with Crippen molar-refractivity contribution < 1.29 is 18.3 Å². The number of aromatic nitrogens is 2. The predicted octanol–water partition coefficient (Wildman–Crippen LogP) is 1.09. The first-order chi connectivity index (χ1) is 7.72. The summed E-state index contributed by atoms with van der Waals surface area (Å²) in [5.74, 6) is 0.171. The molecule has 0 saturated carbocycles. The molecule has 0 aromatic carbocycles. The molecule has 2 unspecified atom stereocenters. The maximum atomic E-state index is 12.8. The Kier molecular flexibility index (Phi) is 3.83. The Morgan fingerprint density at radius 3 is 2.53 bits per heavy atom. The molecule has 2 atom stereocenters. The van der Waals surface area contributed by atoms with E-state index in [4.69, 9.17) is 5.73 Å². The van der Waals surface area contributed by atoms with Gasteiger partial charge in [-0.2, -0.15) is 13.2 Å². The maximum absolute atomic E-state index is 12.8. The van der Waals surface area contributed by atoms with Crippen LogP contribution in [-0.4, -0.2) is 32.5 Å². The molecule has 98 valence electrons. The molecule has 1 heterocycles. The van der Waals surface area contributed by atoms with Crippen molar-refractivity contribution in [1.82, 2.24) is 9.55 Å². The highest BCUT2D eigenvalue weighted by Crippen LogP contribution is 2.35. The summed E-state index contributed by atoms with van der Waals surface area (Å²) in [7, 11) is 0. The van der Waals surface area contributed by atoms with Crippen LogP contribution in [0.5, 0.6) is 0 Å². The first-order valence-electron chi connectivity index (χ1n) is 5.27. The summed E-state index contributed by atoms with van der Waals surface area (Å²) < 4.78 is 40.0. The maximum Gasteiger partial charge on any atom is 0.419 e. The van der Waals surface area contributed by atoms with Crippen LogP contribution >= 0.6 is 0 Å². The van der Waals surface area contributed by atoms with Crippen molar-refractivity contribution >= 4 is 0 Å². The number of rotatable bonds is 4. The van der Waals surface area contributed by atoms with E-state index in [-0.39, 0.29) is 5.82 Å². The molecule has 0 aliphatic carbocycles. The van der Waals surface area contributed by atoms with E-state index < -0.39 is 24.2 Å². The molecule has 7 heteroatoms. The highest BCUT2D eigenvalue weighted by molar-refractivity contribution is 5.05. The van der Waals surface area contributed by atoms with Crippen molar-refractivity contribution in [3.05, 3.63) is 18.2 Å². The molecule has 0 aliphatic rings. The topological polar surface area (TPSA) is 64.1 Å². The second kappa shape index (κ2) is 4.66. The lowest BCUT2D eigenvalue weighted by atomic mass is 9.91. The van der Waals surface area contributed by atoms with Crippen LogP contribution in [0.1, 0.15) is 19.7 Å². The van der Waals surface area contributed by atoms with Gasteiger partial charge in [0.2, 0.25) is 0 Å². The van der Waals surface area contributed by atoms with Crippen LogP contribution in [0.2, 0.25) is 0 Å². The molecule has 4 nitrogen and oxygen atoms in total. The van der Waals surface area contributed by atoms with Crippen molar-refractivity contribution in [2.24, 2.45) is 5.73 Å². The second-order valence-electron chi connectivity index (χ2n) is 4.02. The summed E-state index contributed by atoms with van der Waals surface area (Å²) >= 11 is 0. The summed E-state index contributed by atoms with van der Waals surface area (Å²) in [6.07, 6.45) is -2.47. The van der Waals surface area contributed by atoms with Crippen LogP contribution in [0.25, 0.3) is 0 Å². The number of aliphatic hydroxyl groups is 1. The average molecular weight is 251 g/mol. The van der Waals surface area contributed by atoms with Crippen molar-refractivity contribution in [3.8, 4) is 0 Å². The lowest BCUT2D eigenvalue weighted by molar-refractivity contribution is -0.266. The predicted molar refractivity (Wildman–Crippen MR) is 56.3 cm³/mol. The third kappa shape index (κ3) is 2.61.